The number of anilines is 1. The van der Waals surface area contributed by atoms with Gasteiger partial charge < -0.3 is 20.7 Å². The Morgan fingerprint density at radius 1 is 0.781 bits per heavy atom. The summed E-state index contributed by atoms with van der Waals surface area (Å²) in [5.41, 5.74) is 3.21. The van der Waals surface area contributed by atoms with Gasteiger partial charge in [0, 0.05) is 19.6 Å². The highest BCUT2D eigenvalue weighted by molar-refractivity contribution is 5.87. The molecular formula is C26H33N3O3. The molecule has 0 heterocycles. The van der Waals surface area contributed by atoms with Gasteiger partial charge in [0.25, 0.3) is 0 Å². The number of benzene rings is 2. The van der Waals surface area contributed by atoms with E-state index in [-0.39, 0.29) is 11.8 Å². The van der Waals surface area contributed by atoms with Crippen LogP contribution in [0, 0.1) is 0 Å². The highest BCUT2D eigenvalue weighted by Gasteiger charge is 2.07. The van der Waals surface area contributed by atoms with Crippen LogP contribution in [0.15, 0.2) is 73.8 Å². The van der Waals surface area contributed by atoms with Gasteiger partial charge in [0.1, 0.15) is 5.75 Å². The van der Waals surface area contributed by atoms with E-state index in [1.165, 1.54) is 12.2 Å². The van der Waals surface area contributed by atoms with E-state index in [4.69, 9.17) is 4.74 Å². The molecule has 0 unspecified atom stereocenters. The average molecular weight is 436 g/mol. The van der Waals surface area contributed by atoms with Crippen LogP contribution in [-0.4, -0.2) is 38.1 Å². The van der Waals surface area contributed by atoms with E-state index in [1.807, 2.05) is 24.3 Å². The zero-order valence-corrected chi connectivity index (χ0v) is 18.6. The molecule has 0 aromatic heterocycles. The van der Waals surface area contributed by atoms with Crippen LogP contribution in [0.1, 0.15) is 25.7 Å². The fourth-order valence-corrected chi connectivity index (χ4v) is 3.05. The summed E-state index contributed by atoms with van der Waals surface area (Å²) in [6.07, 6.45) is 6.01. The van der Waals surface area contributed by atoms with E-state index in [2.05, 4.69) is 53.4 Å². The first-order chi connectivity index (χ1) is 15.6. The maximum absolute atomic E-state index is 11.2. The van der Waals surface area contributed by atoms with Gasteiger partial charge in [-0.2, -0.15) is 0 Å². The third-order valence-corrected chi connectivity index (χ3v) is 4.80. The van der Waals surface area contributed by atoms with Gasteiger partial charge >= 0.3 is 0 Å². The van der Waals surface area contributed by atoms with Gasteiger partial charge in [-0.25, -0.2) is 0 Å². The smallest absolute Gasteiger partial charge is 0.243 e. The molecule has 0 aliphatic carbocycles. The van der Waals surface area contributed by atoms with E-state index >= 15 is 0 Å². The molecule has 0 aliphatic heterocycles. The standard InChI is InChI=1S/C26H33N3O3/c1-3-25(30)28-17-9-8-16-27-23-20-22(21-12-6-5-7-13-21)14-15-24(23)32-19-11-10-18-29-26(31)4-2/h3-7,12-15,20,27H,1-2,8-11,16-19H2,(H,28,30)(H,29,31). The SMILES string of the molecule is C=CC(=O)NCCCCNc1cc(-c2ccccc2)ccc1OCCCCNC(=O)C=C. The lowest BCUT2D eigenvalue weighted by atomic mass is 10.0. The number of carbonyl (C=O) groups is 2. The van der Waals surface area contributed by atoms with Gasteiger partial charge in [-0.15, -0.1) is 0 Å². The predicted octanol–water partition coefficient (Wildman–Crippen LogP) is 4.31. The summed E-state index contributed by atoms with van der Waals surface area (Å²) in [4.78, 5) is 22.4. The Morgan fingerprint density at radius 2 is 1.41 bits per heavy atom. The molecule has 3 N–H and O–H groups in total. The minimum atomic E-state index is -0.155. The minimum absolute atomic E-state index is 0.145. The lowest BCUT2D eigenvalue weighted by molar-refractivity contribution is -0.117. The Hall–Kier alpha value is -3.54. The average Bonchev–Trinajstić information content (AvgIpc) is 2.84. The molecule has 6 nitrogen and oxygen atoms in total. The van der Waals surface area contributed by atoms with E-state index in [9.17, 15) is 9.59 Å². The summed E-state index contributed by atoms with van der Waals surface area (Å²) in [6, 6.07) is 16.4. The maximum atomic E-state index is 11.2. The van der Waals surface area contributed by atoms with Crippen LogP contribution in [0.3, 0.4) is 0 Å². The fraction of sp³-hybridized carbons (Fsp3) is 0.308. The van der Waals surface area contributed by atoms with Crippen molar-refractivity contribution in [3.8, 4) is 16.9 Å². The lowest BCUT2D eigenvalue weighted by Gasteiger charge is -2.15. The molecule has 0 radical (unpaired) electrons. The van der Waals surface area contributed by atoms with Crippen molar-refractivity contribution >= 4 is 17.5 Å². The van der Waals surface area contributed by atoms with Crippen molar-refractivity contribution in [3.05, 3.63) is 73.8 Å². The molecule has 32 heavy (non-hydrogen) atoms. The predicted molar refractivity (Wildman–Crippen MR) is 131 cm³/mol. The molecule has 0 saturated heterocycles. The van der Waals surface area contributed by atoms with Crippen molar-refractivity contribution in [2.75, 3.05) is 31.6 Å². The quantitative estimate of drug-likeness (QED) is 0.288. The Labute approximate surface area is 190 Å². The van der Waals surface area contributed by atoms with Gasteiger partial charge in [0.2, 0.25) is 11.8 Å². The first kappa shape index (κ1) is 24.7. The third-order valence-electron chi connectivity index (χ3n) is 4.80. The summed E-state index contributed by atoms with van der Waals surface area (Å²) >= 11 is 0. The van der Waals surface area contributed by atoms with Gasteiger partial charge in [-0.1, -0.05) is 49.6 Å². The lowest BCUT2D eigenvalue weighted by Crippen LogP contribution is -2.22. The number of amides is 2. The fourth-order valence-electron chi connectivity index (χ4n) is 3.05. The van der Waals surface area contributed by atoms with E-state index in [0.717, 1.165) is 54.8 Å². The molecule has 0 atom stereocenters. The zero-order valence-electron chi connectivity index (χ0n) is 18.6. The van der Waals surface area contributed by atoms with Crippen molar-refractivity contribution in [3.63, 3.8) is 0 Å². The molecule has 0 aliphatic rings. The van der Waals surface area contributed by atoms with Gasteiger partial charge in [-0.3, -0.25) is 9.59 Å². The third kappa shape index (κ3) is 9.08. The molecule has 2 aromatic rings. The molecular weight excluding hydrogens is 402 g/mol. The molecule has 0 saturated carbocycles. The number of rotatable bonds is 15. The second-order valence-electron chi connectivity index (χ2n) is 7.26. The van der Waals surface area contributed by atoms with E-state index in [1.54, 1.807) is 0 Å². The number of ether oxygens (including phenoxy) is 1. The zero-order chi connectivity index (χ0) is 23.0. The summed E-state index contributed by atoms with van der Waals surface area (Å²) in [6.45, 7) is 9.46. The molecule has 2 rings (SSSR count). The van der Waals surface area contributed by atoms with Gasteiger partial charge in [-0.05, 0) is 61.1 Å². The number of unbranched alkanes of at least 4 members (excludes halogenated alkanes) is 2. The molecule has 0 bridgehead atoms. The second-order valence-corrected chi connectivity index (χ2v) is 7.26. The van der Waals surface area contributed by atoms with Crippen molar-refractivity contribution in [2.45, 2.75) is 25.7 Å². The molecule has 0 spiro atoms. The topological polar surface area (TPSA) is 79.5 Å². The molecule has 0 fully saturated rings. The van der Waals surface area contributed by atoms with Gasteiger partial charge in [0.15, 0.2) is 0 Å². The number of hydrogen-bond donors (Lipinski definition) is 3. The largest absolute Gasteiger partial charge is 0.491 e. The molecule has 6 heteroatoms. The summed E-state index contributed by atoms with van der Waals surface area (Å²) in [5.74, 6) is 0.506. The highest BCUT2D eigenvalue weighted by atomic mass is 16.5. The molecule has 2 aromatic carbocycles. The first-order valence-electron chi connectivity index (χ1n) is 11.0. The summed E-state index contributed by atoms with van der Waals surface area (Å²) in [5, 5.41) is 9.03. The van der Waals surface area contributed by atoms with Crippen molar-refractivity contribution < 1.29 is 14.3 Å². The van der Waals surface area contributed by atoms with E-state index in [0.29, 0.717) is 19.7 Å². The van der Waals surface area contributed by atoms with Crippen molar-refractivity contribution in [1.82, 2.24) is 10.6 Å². The Kier molecular flexibility index (Phi) is 11.2. The summed E-state index contributed by atoms with van der Waals surface area (Å²) in [7, 11) is 0. The van der Waals surface area contributed by atoms with Crippen LogP contribution in [0.5, 0.6) is 5.75 Å². The monoisotopic (exact) mass is 435 g/mol. The Morgan fingerprint density at radius 3 is 2.06 bits per heavy atom. The van der Waals surface area contributed by atoms with Crippen LogP contribution in [0.4, 0.5) is 5.69 Å². The molecule has 2 amide bonds. The van der Waals surface area contributed by atoms with Crippen molar-refractivity contribution in [2.24, 2.45) is 0 Å². The highest BCUT2D eigenvalue weighted by Crippen LogP contribution is 2.31. The summed E-state index contributed by atoms with van der Waals surface area (Å²) < 4.78 is 6.02. The van der Waals surface area contributed by atoms with Crippen LogP contribution in [0.25, 0.3) is 11.1 Å². The number of hydrogen-bond acceptors (Lipinski definition) is 4. The Bertz CT molecular complexity index is 881. The minimum Gasteiger partial charge on any atom is -0.491 e. The van der Waals surface area contributed by atoms with Crippen LogP contribution in [-0.2, 0) is 9.59 Å². The van der Waals surface area contributed by atoms with Crippen LogP contribution >= 0.6 is 0 Å². The maximum Gasteiger partial charge on any atom is 0.243 e. The van der Waals surface area contributed by atoms with Crippen LogP contribution in [0.2, 0.25) is 0 Å². The first-order valence-corrected chi connectivity index (χ1v) is 11.0. The molecule has 170 valence electrons. The van der Waals surface area contributed by atoms with Crippen LogP contribution < -0.4 is 20.7 Å². The number of nitrogens with one attached hydrogen (secondary N) is 3. The number of carbonyl (C=O) groups excluding carboxylic acids is 2. The second kappa shape index (κ2) is 14.5. The van der Waals surface area contributed by atoms with Gasteiger partial charge in [0.05, 0.1) is 12.3 Å². The van der Waals surface area contributed by atoms with Crippen molar-refractivity contribution in [1.29, 1.82) is 0 Å². The normalized spacial score (nSPS) is 10.1. The Balaban J connectivity index is 1.90. The van der Waals surface area contributed by atoms with E-state index < -0.39 is 0 Å².